The molecule has 1 aliphatic rings. The van der Waals surface area contributed by atoms with Gasteiger partial charge in [0.2, 0.25) is 0 Å². The van der Waals surface area contributed by atoms with E-state index in [0.29, 0.717) is 37.8 Å². The number of methoxy groups -OCH3 is 2. The monoisotopic (exact) mass is 615 g/mol. The van der Waals surface area contributed by atoms with Crippen LogP contribution in [0.15, 0.2) is 87.8 Å². The summed E-state index contributed by atoms with van der Waals surface area (Å²) in [7, 11) is 3.05. The Morgan fingerprint density at radius 2 is 1.75 bits per heavy atom. The van der Waals surface area contributed by atoms with Crippen LogP contribution in [0.2, 0.25) is 0 Å². The van der Waals surface area contributed by atoms with Gasteiger partial charge in [-0.05, 0) is 73.0 Å². The predicted molar refractivity (Wildman–Crippen MR) is 164 cm³/mol. The van der Waals surface area contributed by atoms with E-state index in [1.165, 1.54) is 42.3 Å². The fourth-order valence-electron chi connectivity index (χ4n) is 4.82. The summed E-state index contributed by atoms with van der Waals surface area (Å²) in [6.07, 6.45) is 1.76. The average molecular weight is 616 g/mol. The van der Waals surface area contributed by atoms with E-state index >= 15 is 0 Å². The third kappa shape index (κ3) is 6.11. The number of nitrogens with zero attached hydrogens (tertiary/aromatic N) is 3. The predicted octanol–water partition coefficient (Wildman–Crippen LogP) is 4.30. The number of carbonyl (C=O) groups excluding carboxylic acids is 1. The minimum absolute atomic E-state index is 0.0192. The molecule has 44 heavy (non-hydrogen) atoms. The zero-order chi connectivity index (χ0) is 31.4. The lowest BCUT2D eigenvalue weighted by Gasteiger charge is -2.25. The maximum absolute atomic E-state index is 13.9. The van der Waals surface area contributed by atoms with E-state index in [4.69, 9.17) is 18.9 Å². The number of fused-ring (bicyclic) bond motifs is 1. The molecule has 11 nitrogen and oxygen atoms in total. The van der Waals surface area contributed by atoms with Crippen LogP contribution >= 0.6 is 11.3 Å². The number of hydrogen-bond donors (Lipinski definition) is 0. The Balaban J connectivity index is 1.48. The van der Waals surface area contributed by atoms with Gasteiger partial charge in [0.25, 0.3) is 11.2 Å². The summed E-state index contributed by atoms with van der Waals surface area (Å²) in [5, 5.41) is 10.9. The highest BCUT2D eigenvalue weighted by Gasteiger charge is 2.34. The van der Waals surface area contributed by atoms with E-state index in [9.17, 15) is 19.7 Å². The summed E-state index contributed by atoms with van der Waals surface area (Å²) in [6, 6.07) is 17.9. The summed E-state index contributed by atoms with van der Waals surface area (Å²) in [5.74, 6) is 1.03. The Labute approximate surface area is 256 Å². The molecule has 0 bridgehead atoms. The second-order valence-corrected chi connectivity index (χ2v) is 10.7. The largest absolute Gasteiger partial charge is 0.493 e. The lowest BCUT2D eigenvalue weighted by atomic mass is 9.95. The first-order valence-electron chi connectivity index (χ1n) is 13.6. The number of esters is 1. The molecule has 0 radical (unpaired) electrons. The molecule has 0 amide bonds. The van der Waals surface area contributed by atoms with Crippen molar-refractivity contribution < 1.29 is 28.7 Å². The summed E-state index contributed by atoms with van der Waals surface area (Å²) < 4.78 is 24.0. The fraction of sp³-hybridized carbons (Fsp3) is 0.219. The van der Waals surface area contributed by atoms with Gasteiger partial charge < -0.3 is 18.9 Å². The summed E-state index contributed by atoms with van der Waals surface area (Å²) in [6.45, 7) is 3.87. The molecule has 226 valence electrons. The molecular formula is C32H29N3O8S. The number of hydrogen-bond acceptors (Lipinski definition) is 10. The van der Waals surface area contributed by atoms with Crippen molar-refractivity contribution in [1.29, 1.82) is 0 Å². The van der Waals surface area contributed by atoms with Crippen LogP contribution in [0.4, 0.5) is 5.69 Å². The topological polar surface area (TPSA) is 131 Å². The molecule has 1 aromatic heterocycles. The number of thiazole rings is 1. The van der Waals surface area contributed by atoms with E-state index in [1.807, 2.05) is 12.1 Å². The molecule has 12 heteroatoms. The third-order valence-electron chi connectivity index (χ3n) is 6.97. The summed E-state index contributed by atoms with van der Waals surface area (Å²) >= 11 is 1.23. The first-order valence-corrected chi connectivity index (χ1v) is 14.4. The second kappa shape index (κ2) is 13.0. The van der Waals surface area contributed by atoms with Crippen LogP contribution in [0.1, 0.15) is 36.6 Å². The van der Waals surface area contributed by atoms with Crippen LogP contribution in [0.3, 0.4) is 0 Å². The quantitative estimate of drug-likeness (QED) is 0.147. The maximum atomic E-state index is 13.9. The maximum Gasteiger partial charge on any atom is 0.338 e. The number of benzene rings is 3. The van der Waals surface area contributed by atoms with Gasteiger partial charge in [0.05, 0.1) is 47.6 Å². The number of carbonyl (C=O) groups is 1. The Morgan fingerprint density at radius 3 is 2.39 bits per heavy atom. The molecule has 0 aliphatic carbocycles. The molecule has 0 fully saturated rings. The van der Waals surface area contributed by atoms with Gasteiger partial charge in [-0.3, -0.25) is 19.5 Å². The number of non-ortho nitro benzene ring substituents is 1. The number of aromatic nitrogens is 1. The van der Waals surface area contributed by atoms with Crippen LogP contribution in [-0.4, -0.2) is 36.3 Å². The molecule has 1 atom stereocenters. The van der Waals surface area contributed by atoms with E-state index < -0.39 is 16.9 Å². The van der Waals surface area contributed by atoms with Gasteiger partial charge in [-0.15, -0.1) is 0 Å². The van der Waals surface area contributed by atoms with E-state index in [0.717, 1.165) is 11.1 Å². The lowest BCUT2D eigenvalue weighted by molar-refractivity contribution is -0.384. The molecule has 0 spiro atoms. The van der Waals surface area contributed by atoms with Crippen LogP contribution in [-0.2, 0) is 16.1 Å². The highest BCUT2D eigenvalue weighted by Crippen LogP contribution is 2.36. The third-order valence-corrected chi connectivity index (χ3v) is 7.95. The number of ether oxygens (including phenoxy) is 4. The smallest absolute Gasteiger partial charge is 0.338 e. The minimum atomic E-state index is -0.789. The molecule has 1 aliphatic heterocycles. The van der Waals surface area contributed by atoms with Crippen molar-refractivity contribution in [3.63, 3.8) is 0 Å². The Hall–Kier alpha value is -5.23. The zero-order valence-electron chi connectivity index (χ0n) is 24.4. The average Bonchev–Trinajstić information content (AvgIpc) is 3.33. The Kier molecular flexibility index (Phi) is 8.91. The normalized spacial score (nSPS) is 14.5. The Bertz CT molecular complexity index is 1930. The van der Waals surface area contributed by atoms with Crippen LogP contribution in [0.25, 0.3) is 6.08 Å². The number of rotatable bonds is 10. The van der Waals surface area contributed by atoms with Gasteiger partial charge in [0.1, 0.15) is 12.4 Å². The van der Waals surface area contributed by atoms with Crippen LogP contribution in [0, 0.1) is 10.1 Å². The second-order valence-electron chi connectivity index (χ2n) is 9.70. The molecule has 0 saturated carbocycles. The molecule has 0 N–H and O–H groups in total. The van der Waals surface area contributed by atoms with Gasteiger partial charge in [0, 0.05) is 12.1 Å². The lowest BCUT2D eigenvalue weighted by Crippen LogP contribution is -2.39. The molecule has 4 aromatic rings. The molecule has 0 unspecified atom stereocenters. The highest BCUT2D eigenvalue weighted by atomic mass is 32.1. The van der Waals surface area contributed by atoms with Crippen LogP contribution < -0.4 is 29.1 Å². The van der Waals surface area contributed by atoms with Gasteiger partial charge in [-0.25, -0.2) is 9.79 Å². The minimum Gasteiger partial charge on any atom is -0.493 e. The number of allylic oxidation sites excluding steroid dienone is 1. The van der Waals surface area contributed by atoms with Gasteiger partial charge in [0.15, 0.2) is 16.3 Å². The molecule has 0 saturated heterocycles. The van der Waals surface area contributed by atoms with E-state index in [-0.39, 0.29) is 30.0 Å². The first-order chi connectivity index (χ1) is 21.2. The van der Waals surface area contributed by atoms with E-state index in [1.54, 1.807) is 62.4 Å². The standard InChI is InChI=1S/C32H29N3O8S/c1-5-42-31(37)28-19(2)33-32-34(29(28)22-10-15-25(40-3)26(17-22)41-4)30(36)27(44-32)16-20-8-13-24(14-9-20)43-18-21-6-11-23(12-7-21)35(38)39/h6-17,29H,5,18H2,1-4H3/b27-16+/t29-/m1/s1. The SMILES string of the molecule is CCOC(=O)C1=C(C)N=c2s/c(=C/c3ccc(OCc4ccc([N+](=O)[O-])cc4)cc3)c(=O)n2[C@@H]1c1ccc(OC)c(OC)c1. The van der Waals surface area contributed by atoms with Crippen molar-refractivity contribution in [3.05, 3.63) is 124 Å². The van der Waals surface area contributed by atoms with Gasteiger partial charge in [-0.1, -0.05) is 29.5 Å². The Morgan fingerprint density at radius 1 is 1.05 bits per heavy atom. The van der Waals surface area contributed by atoms with Crippen molar-refractivity contribution in [1.82, 2.24) is 4.57 Å². The van der Waals surface area contributed by atoms with E-state index in [2.05, 4.69) is 4.99 Å². The van der Waals surface area contributed by atoms with Crippen LogP contribution in [0.5, 0.6) is 17.2 Å². The molecule has 2 heterocycles. The van der Waals surface area contributed by atoms with Crippen molar-refractivity contribution in [2.45, 2.75) is 26.5 Å². The van der Waals surface area contributed by atoms with Gasteiger partial charge >= 0.3 is 5.97 Å². The molecule has 5 rings (SSSR count). The van der Waals surface area contributed by atoms with Crippen molar-refractivity contribution in [3.8, 4) is 17.2 Å². The fourth-order valence-corrected chi connectivity index (χ4v) is 5.87. The van der Waals surface area contributed by atoms with Crippen molar-refractivity contribution in [2.75, 3.05) is 20.8 Å². The zero-order valence-corrected chi connectivity index (χ0v) is 25.3. The van der Waals surface area contributed by atoms with Gasteiger partial charge in [-0.2, -0.15) is 0 Å². The van der Waals surface area contributed by atoms with Crippen molar-refractivity contribution >= 4 is 29.1 Å². The first kappa shape index (κ1) is 30.2. The van der Waals surface area contributed by atoms with Crippen molar-refractivity contribution in [2.24, 2.45) is 4.99 Å². The summed E-state index contributed by atoms with van der Waals surface area (Å²) in [4.78, 5) is 42.5. The number of nitro benzene ring substituents is 1. The number of nitro groups is 1. The summed E-state index contributed by atoms with van der Waals surface area (Å²) in [5.41, 5.74) is 2.65. The molecular weight excluding hydrogens is 586 g/mol. The molecule has 3 aromatic carbocycles. The highest BCUT2D eigenvalue weighted by molar-refractivity contribution is 7.07.